The lowest BCUT2D eigenvalue weighted by Crippen LogP contribution is -2.16. The lowest BCUT2D eigenvalue weighted by Gasteiger charge is -2.07. The molecule has 0 bridgehead atoms. The van der Waals surface area contributed by atoms with Gasteiger partial charge in [0.05, 0.1) is 23.6 Å². The van der Waals surface area contributed by atoms with Crippen molar-refractivity contribution in [2.75, 3.05) is 0 Å². The number of H-pyrrole nitrogens is 1. The zero-order chi connectivity index (χ0) is 12.3. The molecule has 0 spiro atoms. The Labute approximate surface area is 88.0 Å². The van der Waals surface area contributed by atoms with Crippen LogP contribution in [0.25, 0.3) is 0 Å². The van der Waals surface area contributed by atoms with Gasteiger partial charge in [0.25, 0.3) is 6.43 Å². The molecule has 0 amide bonds. The van der Waals surface area contributed by atoms with Crippen molar-refractivity contribution >= 4 is 5.97 Å². The standard InChI is InChI=1S/C9H6F2N2O3/c10-9(11)8-4(3-12)1-6(14)13-5(8)2-7(15)16/h1,9H,2H2,(H,13,14)(H,15,16). The molecule has 5 nitrogen and oxygen atoms in total. The number of carboxylic acid groups (broad SMARTS) is 1. The number of alkyl halides is 2. The summed E-state index contributed by atoms with van der Waals surface area (Å²) in [4.78, 5) is 23.4. The zero-order valence-electron chi connectivity index (χ0n) is 7.83. The van der Waals surface area contributed by atoms with E-state index in [-0.39, 0.29) is 0 Å². The van der Waals surface area contributed by atoms with Gasteiger partial charge in [0.15, 0.2) is 0 Å². The number of carbonyl (C=O) groups is 1. The maximum atomic E-state index is 12.6. The van der Waals surface area contributed by atoms with Crippen LogP contribution in [0.15, 0.2) is 10.9 Å². The second-order valence-electron chi connectivity index (χ2n) is 2.92. The van der Waals surface area contributed by atoms with Crippen LogP contribution in [0, 0.1) is 11.3 Å². The van der Waals surface area contributed by atoms with Crippen LogP contribution < -0.4 is 5.56 Å². The van der Waals surface area contributed by atoms with Crippen molar-refractivity contribution in [2.24, 2.45) is 0 Å². The first-order valence-electron chi connectivity index (χ1n) is 4.12. The Balaban J connectivity index is 3.45. The van der Waals surface area contributed by atoms with Gasteiger partial charge in [-0.2, -0.15) is 5.26 Å². The van der Waals surface area contributed by atoms with Crippen LogP contribution in [-0.2, 0) is 11.2 Å². The van der Waals surface area contributed by atoms with Gasteiger partial charge in [-0.05, 0) is 0 Å². The van der Waals surface area contributed by atoms with Crippen molar-refractivity contribution < 1.29 is 18.7 Å². The van der Waals surface area contributed by atoms with E-state index in [4.69, 9.17) is 10.4 Å². The second-order valence-corrected chi connectivity index (χ2v) is 2.92. The number of carboxylic acids is 1. The highest BCUT2D eigenvalue weighted by molar-refractivity contribution is 5.70. The smallest absolute Gasteiger partial charge is 0.309 e. The number of halogens is 2. The minimum absolute atomic E-state index is 0.438. The Hall–Kier alpha value is -2.23. The fourth-order valence-corrected chi connectivity index (χ4v) is 1.26. The van der Waals surface area contributed by atoms with Crippen LogP contribution in [0.2, 0.25) is 0 Å². The molecule has 0 aliphatic heterocycles. The molecule has 1 heterocycles. The minimum Gasteiger partial charge on any atom is -0.481 e. The molecule has 0 aliphatic carbocycles. The molecule has 0 saturated carbocycles. The van der Waals surface area contributed by atoms with E-state index in [9.17, 15) is 18.4 Å². The number of hydrogen-bond donors (Lipinski definition) is 2. The predicted molar refractivity (Wildman–Crippen MR) is 48.1 cm³/mol. The lowest BCUT2D eigenvalue weighted by molar-refractivity contribution is -0.136. The zero-order valence-corrected chi connectivity index (χ0v) is 7.83. The van der Waals surface area contributed by atoms with Crippen LogP contribution in [0.4, 0.5) is 8.78 Å². The van der Waals surface area contributed by atoms with Gasteiger partial charge in [-0.3, -0.25) is 9.59 Å². The number of rotatable bonds is 3. The fourth-order valence-electron chi connectivity index (χ4n) is 1.26. The topological polar surface area (TPSA) is 94.0 Å². The number of aromatic amines is 1. The molecule has 0 unspecified atom stereocenters. The number of aliphatic carboxylic acids is 1. The Kier molecular flexibility index (Phi) is 3.35. The minimum atomic E-state index is -3.01. The average molecular weight is 228 g/mol. The molecular formula is C9H6F2N2O3. The molecule has 0 aromatic carbocycles. The number of hydrogen-bond acceptors (Lipinski definition) is 3. The van der Waals surface area contributed by atoms with Crippen LogP contribution in [0.3, 0.4) is 0 Å². The van der Waals surface area contributed by atoms with Gasteiger partial charge < -0.3 is 10.1 Å². The first-order chi connectivity index (χ1) is 7.45. The van der Waals surface area contributed by atoms with Gasteiger partial charge in [0.1, 0.15) is 0 Å². The summed E-state index contributed by atoms with van der Waals surface area (Å²) in [5, 5.41) is 17.0. The van der Waals surface area contributed by atoms with Crippen molar-refractivity contribution in [1.29, 1.82) is 5.26 Å². The fraction of sp³-hybridized carbons (Fsp3) is 0.222. The number of nitrogens with zero attached hydrogens (tertiary/aromatic N) is 1. The first kappa shape index (κ1) is 11.8. The summed E-state index contributed by atoms with van der Waals surface area (Å²) in [6.45, 7) is 0. The Morgan fingerprint density at radius 1 is 1.62 bits per heavy atom. The summed E-state index contributed by atoms with van der Waals surface area (Å²) in [5.74, 6) is -1.37. The maximum Gasteiger partial charge on any atom is 0.309 e. The highest BCUT2D eigenvalue weighted by Crippen LogP contribution is 2.24. The molecule has 1 aromatic heterocycles. The summed E-state index contributed by atoms with van der Waals surface area (Å²) >= 11 is 0. The van der Waals surface area contributed by atoms with Crippen LogP contribution in [0.1, 0.15) is 23.2 Å². The van der Waals surface area contributed by atoms with E-state index in [1.807, 2.05) is 4.98 Å². The summed E-state index contributed by atoms with van der Waals surface area (Å²) in [6, 6.07) is 2.15. The van der Waals surface area contributed by atoms with E-state index in [2.05, 4.69) is 0 Å². The van der Waals surface area contributed by atoms with Crippen LogP contribution in [0.5, 0.6) is 0 Å². The van der Waals surface area contributed by atoms with E-state index in [1.54, 1.807) is 0 Å². The summed E-state index contributed by atoms with van der Waals surface area (Å²) in [7, 11) is 0. The third kappa shape index (κ3) is 2.42. The molecule has 0 saturated heterocycles. The SMILES string of the molecule is N#Cc1cc(=O)[nH]c(CC(=O)O)c1C(F)F. The Morgan fingerprint density at radius 2 is 2.25 bits per heavy atom. The largest absolute Gasteiger partial charge is 0.481 e. The van der Waals surface area contributed by atoms with Crippen LogP contribution >= 0.6 is 0 Å². The first-order valence-corrected chi connectivity index (χ1v) is 4.12. The summed E-state index contributed by atoms with van der Waals surface area (Å²) < 4.78 is 25.2. The molecule has 1 rings (SSSR count). The van der Waals surface area contributed by atoms with E-state index < -0.39 is 41.2 Å². The molecule has 1 aromatic rings. The third-order valence-electron chi connectivity index (χ3n) is 1.83. The molecule has 0 radical (unpaired) electrons. The van der Waals surface area contributed by atoms with Crippen molar-refractivity contribution in [3.05, 3.63) is 33.2 Å². The average Bonchev–Trinajstić information content (AvgIpc) is 2.14. The third-order valence-corrected chi connectivity index (χ3v) is 1.83. The van der Waals surface area contributed by atoms with E-state index >= 15 is 0 Å². The summed E-state index contributed by atoms with van der Waals surface area (Å²) in [5.41, 5.74) is -2.46. The molecule has 16 heavy (non-hydrogen) atoms. The monoisotopic (exact) mass is 228 g/mol. The highest BCUT2D eigenvalue weighted by Gasteiger charge is 2.20. The van der Waals surface area contributed by atoms with Gasteiger partial charge >= 0.3 is 5.97 Å². The Morgan fingerprint density at radius 3 is 2.69 bits per heavy atom. The van der Waals surface area contributed by atoms with Crippen molar-refractivity contribution in [2.45, 2.75) is 12.8 Å². The van der Waals surface area contributed by atoms with Crippen LogP contribution in [-0.4, -0.2) is 16.1 Å². The van der Waals surface area contributed by atoms with Crippen molar-refractivity contribution in [3.63, 3.8) is 0 Å². The number of aromatic nitrogens is 1. The Bertz CT molecular complexity index is 516. The molecule has 84 valence electrons. The van der Waals surface area contributed by atoms with E-state index in [1.165, 1.54) is 6.07 Å². The van der Waals surface area contributed by atoms with Crippen molar-refractivity contribution in [3.8, 4) is 6.07 Å². The lowest BCUT2D eigenvalue weighted by atomic mass is 10.1. The van der Waals surface area contributed by atoms with Gasteiger partial charge in [-0.25, -0.2) is 8.78 Å². The van der Waals surface area contributed by atoms with E-state index in [0.29, 0.717) is 6.07 Å². The van der Waals surface area contributed by atoms with Gasteiger partial charge in [-0.1, -0.05) is 0 Å². The molecular weight excluding hydrogens is 222 g/mol. The predicted octanol–water partition coefficient (Wildman–Crippen LogP) is 0.811. The molecule has 0 aliphatic rings. The number of pyridine rings is 1. The van der Waals surface area contributed by atoms with Gasteiger partial charge in [0, 0.05) is 11.8 Å². The summed E-state index contributed by atoms with van der Waals surface area (Å²) in [6.07, 6.45) is -3.77. The molecule has 0 fully saturated rings. The van der Waals surface area contributed by atoms with Gasteiger partial charge in [-0.15, -0.1) is 0 Å². The van der Waals surface area contributed by atoms with E-state index in [0.717, 1.165) is 0 Å². The molecule has 0 atom stereocenters. The quantitative estimate of drug-likeness (QED) is 0.800. The normalized spacial score (nSPS) is 10.1. The molecule has 7 heteroatoms. The second kappa shape index (κ2) is 4.53. The van der Waals surface area contributed by atoms with Crippen molar-refractivity contribution in [1.82, 2.24) is 4.98 Å². The highest BCUT2D eigenvalue weighted by atomic mass is 19.3. The molecule has 2 N–H and O–H groups in total. The maximum absolute atomic E-state index is 12.6. The number of nitriles is 1. The number of nitrogens with one attached hydrogen (secondary N) is 1. The van der Waals surface area contributed by atoms with Gasteiger partial charge in [0.2, 0.25) is 5.56 Å².